The maximum Gasteiger partial charge on any atom is 0.337 e. The molecule has 1 unspecified atom stereocenters. The van der Waals surface area contributed by atoms with Crippen LogP contribution in [-0.2, 0) is 0 Å². The van der Waals surface area contributed by atoms with Gasteiger partial charge in [-0.3, -0.25) is 14.2 Å². The Balaban J connectivity index is 2.89. The van der Waals surface area contributed by atoms with Gasteiger partial charge in [0, 0.05) is 6.04 Å². The highest BCUT2D eigenvalue weighted by atomic mass is 16.4. The quantitative estimate of drug-likeness (QED) is 0.825. The number of benzene rings is 1. The number of hydrogen-bond acceptors (Lipinski definition) is 3. The fourth-order valence-electron chi connectivity index (χ4n) is 2.65. The zero-order valence-electron chi connectivity index (χ0n) is 12.0. The maximum atomic E-state index is 12.2. The van der Waals surface area contributed by atoms with E-state index in [4.69, 9.17) is 0 Å². The fraction of sp³-hybridized carbons (Fsp3) is 0.400. The molecule has 0 radical (unpaired) electrons. The topological polar surface area (TPSA) is 92.2 Å². The predicted molar refractivity (Wildman–Crippen MR) is 80.0 cm³/mol. The Morgan fingerprint density at radius 2 is 2.05 bits per heavy atom. The Hall–Kier alpha value is -2.37. The zero-order chi connectivity index (χ0) is 15.6. The van der Waals surface area contributed by atoms with E-state index >= 15 is 0 Å². The largest absolute Gasteiger partial charge is 0.478 e. The molecule has 6 heteroatoms. The highest BCUT2D eigenvalue weighted by Gasteiger charge is 2.18. The molecule has 2 rings (SSSR count). The molecule has 0 aliphatic rings. The number of H-pyrrole nitrogens is 1. The first-order valence-electron chi connectivity index (χ1n) is 7.02. The predicted octanol–water partition coefficient (Wildman–Crippen LogP) is 2.14. The van der Waals surface area contributed by atoms with Gasteiger partial charge in [0.05, 0.1) is 16.6 Å². The number of carboxylic acids is 1. The summed E-state index contributed by atoms with van der Waals surface area (Å²) < 4.78 is 1.43. The Morgan fingerprint density at radius 1 is 1.33 bits per heavy atom. The summed E-state index contributed by atoms with van der Waals surface area (Å²) in [4.78, 5) is 37.8. The second-order valence-electron chi connectivity index (χ2n) is 4.98. The summed E-state index contributed by atoms with van der Waals surface area (Å²) in [6.07, 6.45) is 2.33. The molecular formula is C15H18N2O4. The summed E-state index contributed by atoms with van der Waals surface area (Å²) in [5, 5.41) is 9.22. The highest BCUT2D eigenvalue weighted by Crippen LogP contribution is 2.22. The van der Waals surface area contributed by atoms with E-state index in [0.29, 0.717) is 11.9 Å². The summed E-state index contributed by atoms with van der Waals surface area (Å²) in [5.41, 5.74) is -0.773. The van der Waals surface area contributed by atoms with Crippen LogP contribution in [0.2, 0.25) is 0 Å². The van der Waals surface area contributed by atoms with Crippen LogP contribution in [-0.4, -0.2) is 20.6 Å². The van der Waals surface area contributed by atoms with Crippen LogP contribution in [0.3, 0.4) is 0 Å². The lowest BCUT2D eigenvalue weighted by molar-refractivity contribution is 0.0698. The average molecular weight is 290 g/mol. The van der Waals surface area contributed by atoms with Gasteiger partial charge in [0.2, 0.25) is 0 Å². The molecule has 1 aromatic heterocycles. The van der Waals surface area contributed by atoms with E-state index < -0.39 is 17.1 Å². The molecule has 2 aromatic rings. The number of aromatic nitrogens is 2. The van der Waals surface area contributed by atoms with Gasteiger partial charge in [-0.1, -0.05) is 26.3 Å². The lowest BCUT2D eigenvalue weighted by Gasteiger charge is -2.20. The number of aromatic carboxylic acids is 1. The second kappa shape index (κ2) is 5.95. The normalized spacial score (nSPS) is 12.5. The van der Waals surface area contributed by atoms with Crippen LogP contribution >= 0.6 is 0 Å². The summed E-state index contributed by atoms with van der Waals surface area (Å²) in [6, 6.07) is 4.54. The summed E-state index contributed by atoms with van der Waals surface area (Å²) in [7, 11) is 0. The van der Waals surface area contributed by atoms with Crippen molar-refractivity contribution in [3.63, 3.8) is 0 Å². The number of hydrogen-bond donors (Lipinski definition) is 2. The van der Waals surface area contributed by atoms with Gasteiger partial charge in [-0.05, 0) is 25.0 Å². The van der Waals surface area contributed by atoms with Crippen LogP contribution in [0.25, 0.3) is 11.0 Å². The molecule has 0 saturated heterocycles. The Morgan fingerprint density at radius 3 is 2.62 bits per heavy atom. The van der Waals surface area contributed by atoms with Gasteiger partial charge in [0.1, 0.15) is 0 Å². The number of para-hydroxylation sites is 1. The average Bonchev–Trinajstić information content (AvgIpc) is 2.46. The number of carbonyl (C=O) groups is 1. The van der Waals surface area contributed by atoms with Gasteiger partial charge < -0.3 is 10.1 Å². The number of carboxylic acid groups (broad SMARTS) is 1. The molecule has 0 saturated carbocycles. The Bertz CT molecular complexity index is 788. The van der Waals surface area contributed by atoms with Crippen molar-refractivity contribution in [1.82, 2.24) is 9.55 Å². The molecule has 1 aromatic carbocycles. The smallest absolute Gasteiger partial charge is 0.337 e. The Labute approximate surface area is 121 Å². The fourth-order valence-corrected chi connectivity index (χ4v) is 2.65. The third-order valence-corrected chi connectivity index (χ3v) is 3.64. The number of rotatable bonds is 5. The third kappa shape index (κ3) is 2.61. The van der Waals surface area contributed by atoms with Crippen LogP contribution < -0.4 is 11.1 Å². The van der Waals surface area contributed by atoms with Gasteiger partial charge >= 0.3 is 17.1 Å². The molecule has 21 heavy (non-hydrogen) atoms. The van der Waals surface area contributed by atoms with Crippen LogP contribution in [0, 0.1) is 0 Å². The van der Waals surface area contributed by atoms with Crippen molar-refractivity contribution in [3.8, 4) is 0 Å². The van der Waals surface area contributed by atoms with Crippen molar-refractivity contribution in [1.29, 1.82) is 0 Å². The molecule has 112 valence electrons. The molecule has 2 N–H and O–H groups in total. The summed E-state index contributed by atoms with van der Waals surface area (Å²) >= 11 is 0. The van der Waals surface area contributed by atoms with E-state index in [1.165, 1.54) is 10.6 Å². The minimum Gasteiger partial charge on any atom is -0.478 e. The van der Waals surface area contributed by atoms with Crippen molar-refractivity contribution < 1.29 is 9.90 Å². The van der Waals surface area contributed by atoms with E-state index in [9.17, 15) is 19.5 Å². The number of aromatic amines is 1. The molecular weight excluding hydrogens is 272 g/mol. The van der Waals surface area contributed by atoms with Gasteiger partial charge in [-0.2, -0.15) is 0 Å². The van der Waals surface area contributed by atoms with E-state index in [1.54, 1.807) is 12.1 Å². The molecule has 0 aliphatic heterocycles. The molecule has 1 heterocycles. The van der Waals surface area contributed by atoms with E-state index in [2.05, 4.69) is 4.98 Å². The molecule has 0 aliphatic carbocycles. The van der Waals surface area contributed by atoms with Crippen LogP contribution in [0.4, 0.5) is 0 Å². The van der Waals surface area contributed by atoms with Crippen molar-refractivity contribution in [2.24, 2.45) is 0 Å². The van der Waals surface area contributed by atoms with E-state index in [-0.39, 0.29) is 17.1 Å². The lowest BCUT2D eigenvalue weighted by atomic mass is 10.1. The monoisotopic (exact) mass is 290 g/mol. The molecule has 0 amide bonds. The lowest BCUT2D eigenvalue weighted by Crippen LogP contribution is -2.38. The third-order valence-electron chi connectivity index (χ3n) is 3.64. The van der Waals surface area contributed by atoms with Crippen LogP contribution in [0.1, 0.15) is 49.5 Å². The minimum absolute atomic E-state index is 0.00954. The second-order valence-corrected chi connectivity index (χ2v) is 4.98. The number of nitrogens with one attached hydrogen (secondary N) is 1. The first-order valence-corrected chi connectivity index (χ1v) is 7.02. The molecule has 0 fully saturated rings. The molecule has 0 spiro atoms. The van der Waals surface area contributed by atoms with Crippen LogP contribution in [0.5, 0.6) is 0 Å². The first kappa shape index (κ1) is 15.0. The summed E-state index contributed by atoms with van der Waals surface area (Å²) in [6.45, 7) is 3.95. The van der Waals surface area contributed by atoms with Gasteiger partial charge in [0.25, 0.3) is 0 Å². The van der Waals surface area contributed by atoms with Gasteiger partial charge in [0.15, 0.2) is 0 Å². The Kier molecular flexibility index (Phi) is 4.26. The highest BCUT2D eigenvalue weighted by molar-refractivity contribution is 6.00. The zero-order valence-corrected chi connectivity index (χ0v) is 12.0. The van der Waals surface area contributed by atoms with E-state index in [0.717, 1.165) is 12.8 Å². The number of fused-ring (bicyclic) bond motifs is 1. The van der Waals surface area contributed by atoms with Gasteiger partial charge in [-0.15, -0.1) is 0 Å². The van der Waals surface area contributed by atoms with Crippen molar-refractivity contribution in [2.75, 3.05) is 0 Å². The molecule has 1 atom stereocenters. The van der Waals surface area contributed by atoms with Crippen molar-refractivity contribution >= 4 is 17.0 Å². The van der Waals surface area contributed by atoms with Crippen molar-refractivity contribution in [3.05, 3.63) is 44.5 Å². The minimum atomic E-state index is -1.13. The molecule has 6 nitrogen and oxygen atoms in total. The van der Waals surface area contributed by atoms with Crippen LogP contribution in [0.15, 0.2) is 27.8 Å². The number of nitrogens with zero attached hydrogens (tertiary/aromatic N) is 1. The van der Waals surface area contributed by atoms with Gasteiger partial charge in [-0.25, -0.2) is 4.79 Å². The first-order chi connectivity index (χ1) is 10.0. The van der Waals surface area contributed by atoms with E-state index in [1.807, 2.05) is 13.8 Å². The van der Waals surface area contributed by atoms with Crippen molar-refractivity contribution in [2.45, 2.75) is 39.2 Å². The SMILES string of the molecule is CCCC(CC)n1c(=O)c(=O)[nH]c2c(C(=O)O)cccc21. The standard InChI is InChI=1S/C15H18N2O4/c1-3-6-9(4-2)17-11-8-5-7-10(15(20)21)12(11)16-13(18)14(17)19/h5,7-9H,3-4,6H2,1-2H3,(H,16,18)(H,20,21). The summed E-state index contributed by atoms with van der Waals surface area (Å²) in [5.74, 6) is -1.13. The maximum absolute atomic E-state index is 12.2. The molecule has 0 bridgehead atoms.